The normalized spacial score (nSPS) is 24.1. The molecule has 2 atom stereocenters. The van der Waals surface area contributed by atoms with Crippen LogP contribution in [-0.2, 0) is 11.3 Å². The molecule has 176 valence electrons. The van der Waals surface area contributed by atoms with Gasteiger partial charge in [-0.1, -0.05) is 42.4 Å². The monoisotopic (exact) mass is 467 g/mol. The van der Waals surface area contributed by atoms with Gasteiger partial charge in [0.05, 0.1) is 35.5 Å². The zero-order chi connectivity index (χ0) is 24.0. The Hall–Kier alpha value is -4.12. The number of hydrogen-bond donors (Lipinski definition) is 0. The highest BCUT2D eigenvalue weighted by Crippen LogP contribution is 2.48. The van der Waals surface area contributed by atoms with Crippen molar-refractivity contribution in [1.29, 1.82) is 5.26 Å². The lowest BCUT2D eigenvalue weighted by atomic mass is 9.68. The first-order chi connectivity index (χ1) is 17.0. The van der Waals surface area contributed by atoms with E-state index in [0.717, 1.165) is 48.8 Å². The van der Waals surface area contributed by atoms with E-state index in [1.807, 2.05) is 48.8 Å². The summed E-state index contributed by atoms with van der Waals surface area (Å²) in [4.78, 5) is 19.0. The fourth-order valence-electron chi connectivity index (χ4n) is 5.74. The number of nitrogens with zero attached hydrogens (tertiary/aromatic N) is 5. The highest BCUT2D eigenvalue weighted by molar-refractivity contribution is 5.89. The fourth-order valence-corrected chi connectivity index (χ4v) is 5.74. The molecule has 4 aromatic rings. The van der Waals surface area contributed by atoms with E-state index in [-0.39, 0.29) is 5.41 Å². The fraction of sp³-hybridized carbons (Fsp3) is 0.333. The van der Waals surface area contributed by atoms with Crippen LogP contribution in [0.1, 0.15) is 38.2 Å². The van der Waals surface area contributed by atoms with Gasteiger partial charge >= 0.3 is 6.09 Å². The summed E-state index contributed by atoms with van der Waals surface area (Å²) in [5.41, 5.74) is 3.39. The summed E-state index contributed by atoms with van der Waals surface area (Å²) in [5, 5.41) is 13.5. The quantitative estimate of drug-likeness (QED) is 0.391. The molecule has 1 aliphatic heterocycles. The topological polar surface area (TPSA) is 97.2 Å². The molecule has 35 heavy (non-hydrogen) atoms. The van der Waals surface area contributed by atoms with Crippen LogP contribution in [0.25, 0.3) is 22.3 Å². The molecular weight excluding hydrogens is 442 g/mol. The Labute approximate surface area is 202 Å². The molecule has 2 aromatic heterocycles. The van der Waals surface area contributed by atoms with Crippen LogP contribution in [0.15, 0.2) is 65.4 Å². The van der Waals surface area contributed by atoms with Gasteiger partial charge in [0.2, 0.25) is 5.88 Å². The van der Waals surface area contributed by atoms with Gasteiger partial charge in [-0.25, -0.2) is 14.7 Å². The maximum absolute atomic E-state index is 12.9. The number of imidazole rings is 1. The van der Waals surface area contributed by atoms with Gasteiger partial charge < -0.3 is 13.8 Å². The first kappa shape index (κ1) is 21.4. The lowest BCUT2D eigenvalue weighted by Gasteiger charge is -2.43. The zero-order valence-corrected chi connectivity index (χ0v) is 19.5. The Bertz CT molecular complexity index is 1450. The van der Waals surface area contributed by atoms with Crippen molar-refractivity contribution in [2.45, 2.75) is 44.8 Å². The highest BCUT2D eigenvalue weighted by atomic mass is 16.6. The van der Waals surface area contributed by atoms with Gasteiger partial charge in [-0.2, -0.15) is 5.26 Å². The van der Waals surface area contributed by atoms with Gasteiger partial charge in [-0.3, -0.25) is 0 Å². The van der Waals surface area contributed by atoms with Gasteiger partial charge in [0, 0.05) is 18.2 Å². The van der Waals surface area contributed by atoms with E-state index in [4.69, 9.17) is 9.26 Å². The van der Waals surface area contributed by atoms with Crippen molar-refractivity contribution in [3.63, 3.8) is 0 Å². The number of rotatable bonds is 4. The van der Waals surface area contributed by atoms with E-state index < -0.39 is 11.7 Å². The summed E-state index contributed by atoms with van der Waals surface area (Å²) in [6.07, 6.45) is 4.97. The molecule has 0 radical (unpaired) electrons. The van der Waals surface area contributed by atoms with Crippen molar-refractivity contribution < 1.29 is 14.1 Å². The lowest BCUT2D eigenvalue weighted by Crippen LogP contribution is -2.45. The van der Waals surface area contributed by atoms with Gasteiger partial charge in [0.25, 0.3) is 0 Å². The van der Waals surface area contributed by atoms with Crippen molar-refractivity contribution >= 4 is 23.0 Å². The van der Waals surface area contributed by atoms with Crippen LogP contribution in [0.3, 0.4) is 0 Å². The average molecular weight is 468 g/mol. The van der Waals surface area contributed by atoms with Gasteiger partial charge in [0.15, 0.2) is 0 Å². The predicted molar refractivity (Wildman–Crippen MR) is 130 cm³/mol. The number of anilines is 1. The van der Waals surface area contributed by atoms with Crippen molar-refractivity contribution in [3.05, 3.63) is 66.5 Å². The van der Waals surface area contributed by atoms with Crippen molar-refractivity contribution in [2.75, 3.05) is 11.4 Å². The zero-order valence-electron chi connectivity index (χ0n) is 19.5. The van der Waals surface area contributed by atoms with E-state index in [2.05, 4.69) is 27.7 Å². The number of amides is 1. The van der Waals surface area contributed by atoms with Crippen LogP contribution in [0.5, 0.6) is 0 Å². The van der Waals surface area contributed by atoms with Gasteiger partial charge in [-0.15, -0.1) is 0 Å². The molecule has 1 aliphatic carbocycles. The Balaban J connectivity index is 1.23. The van der Waals surface area contributed by atoms with E-state index in [0.29, 0.717) is 23.7 Å². The predicted octanol–water partition coefficient (Wildman–Crippen LogP) is 5.54. The maximum atomic E-state index is 12.9. The number of hydrogen-bond acceptors (Lipinski definition) is 6. The van der Waals surface area contributed by atoms with Crippen molar-refractivity contribution in [2.24, 2.45) is 5.41 Å². The summed E-state index contributed by atoms with van der Waals surface area (Å²) in [5.74, 6) is 0.405. The molecule has 6 rings (SSSR count). The third kappa shape index (κ3) is 3.83. The first-order valence-corrected chi connectivity index (χ1v) is 11.8. The minimum atomic E-state index is -0.571. The molecule has 1 spiro atoms. The average Bonchev–Trinajstić information content (AvgIpc) is 3.57. The van der Waals surface area contributed by atoms with Crippen LogP contribution < -0.4 is 4.90 Å². The minimum absolute atomic E-state index is 0.0958. The molecule has 2 aromatic carbocycles. The summed E-state index contributed by atoms with van der Waals surface area (Å²) >= 11 is 0. The summed E-state index contributed by atoms with van der Waals surface area (Å²) in [6.45, 7) is 3.42. The number of nitriles is 1. The molecule has 8 heteroatoms. The minimum Gasteiger partial charge on any atom is -0.441 e. The van der Waals surface area contributed by atoms with Crippen molar-refractivity contribution in [1.82, 2.24) is 14.7 Å². The Morgan fingerprint density at radius 3 is 2.83 bits per heavy atom. The maximum Gasteiger partial charge on any atom is 0.417 e. The lowest BCUT2D eigenvalue weighted by molar-refractivity contribution is -0.0264. The second-order valence-electron chi connectivity index (χ2n) is 10.1. The molecule has 0 bridgehead atoms. The molecule has 1 saturated heterocycles. The molecule has 2 aliphatic rings. The van der Waals surface area contributed by atoms with Gasteiger partial charge in [0.1, 0.15) is 11.3 Å². The molecule has 8 nitrogen and oxygen atoms in total. The molecule has 3 heterocycles. The number of fused-ring (bicyclic) bond motifs is 1. The number of benzene rings is 2. The van der Waals surface area contributed by atoms with E-state index in [9.17, 15) is 10.1 Å². The van der Waals surface area contributed by atoms with E-state index in [1.165, 1.54) is 0 Å². The van der Waals surface area contributed by atoms with Crippen molar-refractivity contribution in [3.8, 4) is 17.3 Å². The first-order valence-electron chi connectivity index (χ1n) is 11.8. The highest BCUT2D eigenvalue weighted by Gasteiger charge is 2.52. The summed E-state index contributed by atoms with van der Waals surface area (Å²) in [7, 11) is 0. The van der Waals surface area contributed by atoms with Crippen LogP contribution >= 0.6 is 0 Å². The van der Waals surface area contributed by atoms with Gasteiger partial charge in [-0.05, 0) is 49.3 Å². The SMILES string of the molecule is CC1(Cn2cnc3ccc(C#N)cc32)CCC[C@@]2(CN(c3cc(-c4ccccc4)no3)C(=O)O2)C1. The Morgan fingerprint density at radius 2 is 2.00 bits per heavy atom. The molecule has 1 unspecified atom stereocenters. The molecule has 2 fully saturated rings. The van der Waals surface area contributed by atoms with E-state index >= 15 is 0 Å². The second-order valence-corrected chi connectivity index (χ2v) is 10.1. The summed E-state index contributed by atoms with van der Waals surface area (Å²) in [6, 6.07) is 19.3. The molecular formula is C27H25N5O3. The largest absolute Gasteiger partial charge is 0.441 e. The summed E-state index contributed by atoms with van der Waals surface area (Å²) < 4.78 is 13.7. The van der Waals surface area contributed by atoms with Crippen LogP contribution in [0.2, 0.25) is 0 Å². The number of carbonyl (C=O) groups excluding carboxylic acids is 1. The third-order valence-corrected chi connectivity index (χ3v) is 7.27. The van der Waals surface area contributed by atoms with E-state index in [1.54, 1.807) is 17.0 Å². The Kier molecular flexibility index (Phi) is 4.88. The standard InChI is InChI=1S/C27H25N5O3/c1-26(16-31-18-29-21-9-8-19(14-28)12-23(21)31)10-5-11-27(15-26)17-32(25(33)34-27)24-13-22(30-35-24)20-6-3-2-4-7-20/h2-4,6-9,12-13,18H,5,10-11,15-17H2,1H3/t26?,27-/m0/s1. The van der Waals surface area contributed by atoms with Crippen LogP contribution in [-0.4, -0.2) is 32.9 Å². The Morgan fingerprint density at radius 1 is 1.14 bits per heavy atom. The molecule has 0 N–H and O–H groups in total. The number of ether oxygens (including phenoxy) is 1. The smallest absolute Gasteiger partial charge is 0.417 e. The second kappa shape index (κ2) is 7.98. The van der Waals surface area contributed by atoms with Crippen LogP contribution in [0.4, 0.5) is 10.7 Å². The number of aromatic nitrogens is 3. The van der Waals surface area contributed by atoms with Crippen LogP contribution in [0, 0.1) is 16.7 Å². The molecule has 1 saturated carbocycles. The number of carbonyl (C=O) groups is 1. The molecule has 1 amide bonds. The third-order valence-electron chi connectivity index (χ3n) is 7.27.